The van der Waals surface area contributed by atoms with Gasteiger partial charge in [0.15, 0.2) is 17.5 Å². The van der Waals surface area contributed by atoms with Gasteiger partial charge in [-0.25, -0.2) is 14.4 Å². The third-order valence-electron chi connectivity index (χ3n) is 11.3. The number of alkyl carbamates (subject to hydrolysis) is 1. The lowest BCUT2D eigenvalue weighted by Gasteiger charge is -2.60. The Kier molecular flexibility index (Phi) is 13.8. The van der Waals surface area contributed by atoms with Crippen molar-refractivity contribution in [1.82, 2.24) is 5.32 Å². The molecule has 0 spiro atoms. The van der Waals surface area contributed by atoms with E-state index >= 15 is 0 Å². The lowest BCUT2D eigenvalue weighted by Crippen LogP contribution is -2.73. The Balaban J connectivity index is 1.92. The summed E-state index contributed by atoms with van der Waals surface area (Å²) in [5, 5.41) is 49.1. The van der Waals surface area contributed by atoms with Gasteiger partial charge in [0.1, 0.15) is 35.3 Å². The summed E-state index contributed by atoms with van der Waals surface area (Å²) in [6.07, 6.45) is -7.60. The van der Waals surface area contributed by atoms with E-state index in [0.717, 1.165) is 6.92 Å². The summed E-state index contributed by atoms with van der Waals surface area (Å²) in [4.78, 5) is 68.2. The summed E-state index contributed by atoms with van der Waals surface area (Å²) >= 11 is 0. The molecule has 4 rings (SSSR count). The van der Waals surface area contributed by atoms with Crippen molar-refractivity contribution in [2.24, 2.45) is 17.3 Å². The molecule has 0 saturated carbocycles. The van der Waals surface area contributed by atoms with E-state index in [1.54, 1.807) is 32.9 Å². The van der Waals surface area contributed by atoms with Crippen LogP contribution >= 0.6 is 0 Å². The minimum absolute atomic E-state index is 0.00402. The summed E-state index contributed by atoms with van der Waals surface area (Å²) in [6, 6.07) is 4.83. The van der Waals surface area contributed by atoms with Crippen molar-refractivity contribution in [3.05, 3.63) is 52.3 Å². The Morgan fingerprint density at radius 2 is 1.72 bits per heavy atom. The van der Waals surface area contributed by atoms with Crippen molar-refractivity contribution >= 4 is 29.8 Å². The summed E-state index contributed by atoms with van der Waals surface area (Å²) in [5.41, 5.74) is -6.85. The minimum Gasteiger partial charge on any atom is -0.504 e. The maximum absolute atomic E-state index is 14.5. The third-order valence-corrected chi connectivity index (χ3v) is 11.3. The van der Waals surface area contributed by atoms with E-state index in [0.29, 0.717) is 5.75 Å². The van der Waals surface area contributed by atoms with Crippen LogP contribution in [0.4, 0.5) is 4.79 Å². The Labute approximate surface area is 338 Å². The van der Waals surface area contributed by atoms with Gasteiger partial charge >= 0.3 is 24.0 Å². The molecule has 58 heavy (non-hydrogen) atoms. The number of hydrogen-bond acceptors (Lipinski definition) is 15. The molecular formula is C42H59NO15. The van der Waals surface area contributed by atoms with E-state index in [4.69, 9.17) is 28.4 Å². The second-order valence-electron chi connectivity index (χ2n) is 17.3. The van der Waals surface area contributed by atoms with E-state index in [2.05, 4.69) is 5.32 Å². The van der Waals surface area contributed by atoms with Gasteiger partial charge in [-0.05, 0) is 76.3 Å². The van der Waals surface area contributed by atoms with Crippen molar-refractivity contribution < 1.29 is 72.8 Å². The Morgan fingerprint density at radius 3 is 2.26 bits per heavy atom. The monoisotopic (exact) mass is 817 g/mol. The van der Waals surface area contributed by atoms with Crippen molar-refractivity contribution in [1.29, 1.82) is 0 Å². The van der Waals surface area contributed by atoms with Crippen LogP contribution in [0.25, 0.3) is 0 Å². The molecule has 2 bridgehead atoms. The van der Waals surface area contributed by atoms with Gasteiger partial charge in [-0.3, -0.25) is 9.59 Å². The molecule has 0 unspecified atom stereocenters. The third kappa shape index (κ3) is 9.04. The number of ether oxygens (including phenoxy) is 6. The van der Waals surface area contributed by atoms with Crippen LogP contribution in [0, 0.1) is 17.3 Å². The number of hydrogen-bond donors (Lipinski definition) is 5. The molecule has 1 aromatic rings. The molecule has 3 aliphatic rings. The van der Waals surface area contributed by atoms with Crippen LogP contribution in [-0.4, -0.2) is 118 Å². The maximum atomic E-state index is 14.5. The van der Waals surface area contributed by atoms with E-state index < -0.39 is 107 Å². The summed E-state index contributed by atoms with van der Waals surface area (Å²) < 4.78 is 34.6. The lowest BCUT2D eigenvalue weighted by molar-refractivity contribution is -0.295. The molecule has 0 radical (unpaired) electrons. The lowest BCUT2D eigenvalue weighted by atomic mass is 9.53. The smallest absolute Gasteiger partial charge is 0.407 e. The van der Waals surface area contributed by atoms with Crippen LogP contribution in [0.5, 0.6) is 5.75 Å². The molecule has 16 nitrogen and oxygen atoms in total. The van der Waals surface area contributed by atoms with Gasteiger partial charge in [0.2, 0.25) is 5.78 Å². The van der Waals surface area contributed by atoms with Gasteiger partial charge in [0.25, 0.3) is 0 Å². The quantitative estimate of drug-likeness (QED) is 0.140. The molecule has 0 aromatic heterocycles. The topological polar surface area (TPSA) is 234 Å². The van der Waals surface area contributed by atoms with Gasteiger partial charge in [0.05, 0.1) is 31.2 Å². The molecule has 8 atom stereocenters. The summed E-state index contributed by atoms with van der Waals surface area (Å²) in [5.74, 6) is -6.00. The van der Waals surface area contributed by atoms with Crippen LogP contribution in [0.15, 0.2) is 46.7 Å². The zero-order valence-electron chi connectivity index (χ0n) is 35.2. The number of allylic oxidation sites excluding steroid dienone is 1. The predicted octanol–water partition coefficient (Wildman–Crippen LogP) is 4.02. The molecule has 1 fully saturated rings. The fourth-order valence-electron chi connectivity index (χ4n) is 8.43. The Morgan fingerprint density at radius 1 is 1.07 bits per heavy atom. The molecule has 322 valence electrons. The highest BCUT2D eigenvalue weighted by Gasteiger charge is 2.69. The first-order valence-corrected chi connectivity index (χ1v) is 19.4. The molecule has 1 aromatic carbocycles. The standard InChI is InChI=1S/C42H59NO15/c1-21(2)17-27(43-38(51)58-39(6,7)8)33(47)37(50)55-28-19-42(52)35(56-36(49)25-13-12-14-26(18-25)53-11)31(41(57-24(5)45)20-54-29(41)15-16-44)23(4)32(46)34(48)30(22(28)3)40(42,9)10/h12-14,18,21,27-29,31,33,35,44,46-47,52H,15-17,19-20H2,1-11H3,(H,43,51)/t27-,28-,29+,31+,33+,35-,41-,42+/m0/s1. The van der Waals surface area contributed by atoms with E-state index in [1.807, 2.05) is 13.8 Å². The first-order valence-electron chi connectivity index (χ1n) is 19.4. The van der Waals surface area contributed by atoms with E-state index in [-0.39, 0.29) is 47.6 Å². The van der Waals surface area contributed by atoms with Crippen LogP contribution in [0.2, 0.25) is 0 Å². The molecule has 1 amide bonds. The molecule has 2 aliphatic carbocycles. The van der Waals surface area contributed by atoms with E-state index in [1.165, 1.54) is 46.9 Å². The van der Waals surface area contributed by atoms with E-state index in [9.17, 15) is 44.4 Å². The summed E-state index contributed by atoms with van der Waals surface area (Å²) in [7, 11) is 1.41. The molecule has 1 heterocycles. The van der Waals surface area contributed by atoms with Gasteiger partial charge in [-0.2, -0.15) is 0 Å². The fourth-order valence-corrected chi connectivity index (χ4v) is 8.43. The number of nitrogens with one attached hydrogen (secondary N) is 1. The molecule has 16 heteroatoms. The van der Waals surface area contributed by atoms with Gasteiger partial charge in [0, 0.05) is 37.4 Å². The first-order chi connectivity index (χ1) is 26.8. The zero-order chi connectivity index (χ0) is 43.7. The molecular weight excluding hydrogens is 758 g/mol. The minimum atomic E-state index is -2.37. The molecule has 1 aliphatic heterocycles. The second kappa shape index (κ2) is 17.4. The number of benzene rings is 1. The SMILES string of the molecule is COc1cccc(C(=O)O[C@H]2[C@H]([C@]3(OC(C)=O)CO[C@@H]3CCO)C(C)=C(O)C(=O)C3=C(C)[C@@H](OC(=O)[C@H](O)[C@H](CC(C)C)NC(=O)OC(C)(C)C)C[C@]2(O)C3(C)C)c1. The first kappa shape index (κ1) is 46.2. The number of carbonyl (C=O) groups excluding carboxylic acids is 5. The number of rotatable bonds is 13. The van der Waals surface area contributed by atoms with Crippen LogP contribution in [0.3, 0.4) is 0 Å². The van der Waals surface area contributed by atoms with Gasteiger partial charge in [-0.1, -0.05) is 33.8 Å². The van der Waals surface area contributed by atoms with Crippen LogP contribution in [0.1, 0.15) is 98.9 Å². The highest BCUT2D eigenvalue weighted by atomic mass is 16.6. The van der Waals surface area contributed by atoms with Crippen LogP contribution in [-0.2, 0) is 38.1 Å². The zero-order valence-corrected chi connectivity index (χ0v) is 35.2. The van der Waals surface area contributed by atoms with Crippen LogP contribution < -0.4 is 10.1 Å². The molecule has 5 N–H and O–H groups in total. The van der Waals surface area contributed by atoms with Crippen molar-refractivity contribution in [3.63, 3.8) is 0 Å². The second-order valence-corrected chi connectivity index (χ2v) is 17.3. The van der Waals surface area contributed by atoms with Gasteiger partial charge in [-0.15, -0.1) is 0 Å². The average Bonchev–Trinajstić information content (AvgIpc) is 3.12. The average molecular weight is 818 g/mol. The highest BCUT2D eigenvalue weighted by molar-refractivity contribution is 6.09. The van der Waals surface area contributed by atoms with Crippen molar-refractivity contribution in [2.75, 3.05) is 20.3 Å². The van der Waals surface area contributed by atoms with Crippen molar-refractivity contribution in [3.8, 4) is 5.75 Å². The van der Waals surface area contributed by atoms with Crippen molar-refractivity contribution in [2.45, 2.75) is 136 Å². The normalized spacial score (nSPS) is 28.0. The number of esters is 3. The number of methoxy groups -OCH3 is 1. The predicted molar refractivity (Wildman–Crippen MR) is 207 cm³/mol. The number of Topliss-reactive ketones (excluding diaryl/α,β-unsaturated/α-hetero) is 1. The number of carbonyl (C=O) groups is 5. The Bertz CT molecular complexity index is 1830. The number of aliphatic hydroxyl groups is 4. The maximum Gasteiger partial charge on any atom is 0.407 e. The number of amides is 1. The Hall–Kier alpha value is -4.51. The number of ketones is 1. The molecule has 1 saturated heterocycles. The highest BCUT2D eigenvalue weighted by Crippen LogP contribution is 2.58. The van der Waals surface area contributed by atoms with Gasteiger partial charge < -0.3 is 54.2 Å². The number of fused-ring (bicyclic) bond motifs is 2. The largest absolute Gasteiger partial charge is 0.504 e. The fraction of sp³-hybridized carbons (Fsp3) is 0.643. The summed E-state index contributed by atoms with van der Waals surface area (Å²) in [6.45, 7) is 14.9. The number of aliphatic hydroxyl groups excluding tert-OH is 3.